The maximum atomic E-state index is 9.77. The third-order valence-corrected chi connectivity index (χ3v) is 2.56. The number of hydroxylamine groups is 2. The lowest BCUT2D eigenvalue weighted by atomic mass is 10.2. The van der Waals surface area contributed by atoms with Crippen molar-refractivity contribution in [3.05, 3.63) is 66.0 Å². The highest BCUT2D eigenvalue weighted by Gasteiger charge is 2.02. The Hall–Kier alpha value is -1.71. The number of hydrogen-bond acceptors (Lipinski definition) is 3. The molecule has 0 saturated heterocycles. The molecule has 1 aromatic carbocycles. The van der Waals surface area contributed by atoms with Gasteiger partial charge >= 0.3 is 0 Å². The summed E-state index contributed by atoms with van der Waals surface area (Å²) < 4.78 is 0. The van der Waals surface area contributed by atoms with Crippen molar-refractivity contribution >= 4 is 0 Å². The largest absolute Gasteiger partial charge is 0.314 e. The fourth-order valence-corrected chi connectivity index (χ4v) is 1.66. The van der Waals surface area contributed by atoms with Crippen molar-refractivity contribution in [2.45, 2.75) is 13.0 Å². The summed E-state index contributed by atoms with van der Waals surface area (Å²) in [6, 6.07) is 15.7. The number of nitrogens with zero attached hydrogens (tertiary/aromatic N) is 2. The molecular formula is C14H16N2O. The van der Waals surface area contributed by atoms with Crippen molar-refractivity contribution in [1.29, 1.82) is 0 Å². The molecule has 0 unspecified atom stereocenters. The lowest BCUT2D eigenvalue weighted by Gasteiger charge is -2.14. The molecule has 0 spiro atoms. The van der Waals surface area contributed by atoms with Crippen LogP contribution in [0.1, 0.15) is 11.3 Å². The second kappa shape index (κ2) is 6.13. The molecule has 2 aromatic rings. The lowest BCUT2D eigenvalue weighted by Crippen LogP contribution is -2.21. The SMILES string of the molecule is ON(CCc1ccccn1)Cc1ccccc1. The number of rotatable bonds is 5. The summed E-state index contributed by atoms with van der Waals surface area (Å²) in [6.07, 6.45) is 2.53. The molecule has 17 heavy (non-hydrogen) atoms. The van der Waals surface area contributed by atoms with Gasteiger partial charge in [-0.2, -0.15) is 5.06 Å². The van der Waals surface area contributed by atoms with Crippen LogP contribution in [0, 0.1) is 0 Å². The van der Waals surface area contributed by atoms with Crippen LogP contribution in [-0.4, -0.2) is 21.8 Å². The molecule has 1 heterocycles. The fourth-order valence-electron chi connectivity index (χ4n) is 1.66. The molecule has 0 radical (unpaired) electrons. The van der Waals surface area contributed by atoms with E-state index in [2.05, 4.69) is 4.98 Å². The molecular weight excluding hydrogens is 212 g/mol. The first-order valence-electron chi connectivity index (χ1n) is 5.72. The molecule has 0 atom stereocenters. The van der Waals surface area contributed by atoms with Crippen LogP contribution in [0.15, 0.2) is 54.7 Å². The fraction of sp³-hybridized carbons (Fsp3) is 0.214. The zero-order valence-corrected chi connectivity index (χ0v) is 9.66. The topological polar surface area (TPSA) is 36.4 Å². The zero-order chi connectivity index (χ0) is 11.9. The summed E-state index contributed by atoms with van der Waals surface area (Å²) in [7, 11) is 0. The van der Waals surface area contributed by atoms with E-state index >= 15 is 0 Å². The summed E-state index contributed by atoms with van der Waals surface area (Å²) in [5.74, 6) is 0. The molecule has 1 N–H and O–H groups in total. The Morgan fingerprint density at radius 1 is 1.00 bits per heavy atom. The van der Waals surface area contributed by atoms with E-state index in [0.29, 0.717) is 13.1 Å². The first-order chi connectivity index (χ1) is 8.34. The third-order valence-electron chi connectivity index (χ3n) is 2.56. The maximum Gasteiger partial charge on any atom is 0.0488 e. The van der Waals surface area contributed by atoms with Gasteiger partial charge in [-0.25, -0.2) is 0 Å². The standard InChI is InChI=1S/C14H16N2O/c17-16(12-13-6-2-1-3-7-13)11-9-14-8-4-5-10-15-14/h1-8,10,17H,9,11-12H2. The summed E-state index contributed by atoms with van der Waals surface area (Å²) in [5, 5.41) is 11.1. The highest BCUT2D eigenvalue weighted by atomic mass is 16.5. The summed E-state index contributed by atoms with van der Waals surface area (Å²) in [5.41, 5.74) is 2.11. The van der Waals surface area contributed by atoms with Crippen molar-refractivity contribution in [3.63, 3.8) is 0 Å². The van der Waals surface area contributed by atoms with Crippen LogP contribution in [0.5, 0.6) is 0 Å². The van der Waals surface area contributed by atoms with Crippen molar-refractivity contribution in [1.82, 2.24) is 10.0 Å². The van der Waals surface area contributed by atoms with E-state index < -0.39 is 0 Å². The van der Waals surface area contributed by atoms with Crippen molar-refractivity contribution in [2.24, 2.45) is 0 Å². The smallest absolute Gasteiger partial charge is 0.0488 e. The van der Waals surface area contributed by atoms with E-state index in [1.165, 1.54) is 5.06 Å². The van der Waals surface area contributed by atoms with Crippen LogP contribution >= 0.6 is 0 Å². The average molecular weight is 228 g/mol. The normalized spacial score (nSPS) is 10.7. The van der Waals surface area contributed by atoms with Crippen molar-refractivity contribution in [2.75, 3.05) is 6.54 Å². The Labute approximate surface area is 101 Å². The minimum absolute atomic E-state index is 0.549. The second-order valence-corrected chi connectivity index (χ2v) is 3.94. The van der Waals surface area contributed by atoms with Crippen LogP contribution in [-0.2, 0) is 13.0 Å². The van der Waals surface area contributed by atoms with E-state index in [4.69, 9.17) is 0 Å². The highest BCUT2D eigenvalue weighted by molar-refractivity contribution is 5.14. The maximum absolute atomic E-state index is 9.77. The summed E-state index contributed by atoms with van der Waals surface area (Å²) in [4.78, 5) is 4.22. The molecule has 3 nitrogen and oxygen atoms in total. The Bertz CT molecular complexity index is 430. The molecule has 3 heteroatoms. The minimum Gasteiger partial charge on any atom is -0.314 e. The molecule has 0 fully saturated rings. The molecule has 2 rings (SSSR count). The first-order valence-corrected chi connectivity index (χ1v) is 5.72. The highest BCUT2D eigenvalue weighted by Crippen LogP contribution is 2.03. The Morgan fingerprint density at radius 2 is 1.76 bits per heavy atom. The van der Waals surface area contributed by atoms with Gasteiger partial charge in [0.1, 0.15) is 0 Å². The Morgan fingerprint density at radius 3 is 2.47 bits per heavy atom. The molecule has 0 aliphatic rings. The van der Waals surface area contributed by atoms with Gasteiger partial charge in [-0.1, -0.05) is 36.4 Å². The van der Waals surface area contributed by atoms with E-state index in [1.807, 2.05) is 48.5 Å². The Kier molecular flexibility index (Phi) is 4.24. The van der Waals surface area contributed by atoms with Gasteiger partial charge in [-0.3, -0.25) is 4.98 Å². The lowest BCUT2D eigenvalue weighted by molar-refractivity contribution is -0.0983. The van der Waals surface area contributed by atoms with E-state index in [0.717, 1.165) is 17.7 Å². The first kappa shape index (κ1) is 11.8. The predicted octanol–water partition coefficient (Wildman–Crippen LogP) is 2.52. The van der Waals surface area contributed by atoms with Crippen LogP contribution in [0.4, 0.5) is 0 Å². The Balaban J connectivity index is 1.80. The van der Waals surface area contributed by atoms with E-state index in [9.17, 15) is 5.21 Å². The minimum atomic E-state index is 0.549. The van der Waals surface area contributed by atoms with Crippen LogP contribution in [0.2, 0.25) is 0 Å². The van der Waals surface area contributed by atoms with Crippen molar-refractivity contribution in [3.8, 4) is 0 Å². The van der Waals surface area contributed by atoms with Gasteiger partial charge in [0.2, 0.25) is 0 Å². The summed E-state index contributed by atoms with van der Waals surface area (Å²) in [6.45, 7) is 1.14. The number of benzene rings is 1. The number of aromatic nitrogens is 1. The van der Waals surface area contributed by atoms with Gasteiger partial charge in [-0.15, -0.1) is 0 Å². The molecule has 0 amide bonds. The molecule has 0 aliphatic heterocycles. The van der Waals surface area contributed by atoms with Gasteiger partial charge in [0.05, 0.1) is 0 Å². The van der Waals surface area contributed by atoms with Gasteiger partial charge in [0, 0.05) is 31.4 Å². The van der Waals surface area contributed by atoms with Crippen LogP contribution in [0.25, 0.3) is 0 Å². The molecule has 88 valence electrons. The molecule has 0 saturated carbocycles. The third kappa shape index (κ3) is 3.98. The monoisotopic (exact) mass is 228 g/mol. The zero-order valence-electron chi connectivity index (χ0n) is 9.66. The number of hydrogen-bond donors (Lipinski definition) is 1. The predicted molar refractivity (Wildman–Crippen MR) is 66.6 cm³/mol. The van der Waals surface area contributed by atoms with Crippen molar-refractivity contribution < 1.29 is 5.21 Å². The van der Waals surface area contributed by atoms with Gasteiger partial charge in [0.25, 0.3) is 0 Å². The van der Waals surface area contributed by atoms with Crippen LogP contribution in [0.3, 0.4) is 0 Å². The van der Waals surface area contributed by atoms with E-state index in [1.54, 1.807) is 6.20 Å². The molecule has 1 aromatic heterocycles. The second-order valence-electron chi connectivity index (χ2n) is 3.94. The van der Waals surface area contributed by atoms with Gasteiger partial charge in [0.15, 0.2) is 0 Å². The van der Waals surface area contributed by atoms with Crippen LogP contribution < -0.4 is 0 Å². The molecule has 0 bridgehead atoms. The van der Waals surface area contributed by atoms with Gasteiger partial charge < -0.3 is 5.21 Å². The number of pyridine rings is 1. The van der Waals surface area contributed by atoms with Gasteiger partial charge in [-0.05, 0) is 17.7 Å². The average Bonchev–Trinajstić information content (AvgIpc) is 2.39. The molecule has 0 aliphatic carbocycles. The van der Waals surface area contributed by atoms with E-state index in [-0.39, 0.29) is 0 Å². The quantitative estimate of drug-likeness (QED) is 0.799. The summed E-state index contributed by atoms with van der Waals surface area (Å²) >= 11 is 0.